The fourth-order valence-corrected chi connectivity index (χ4v) is 3.16. The van der Waals surface area contributed by atoms with Crippen molar-refractivity contribution in [2.24, 2.45) is 0 Å². The molecule has 0 aromatic heterocycles. The van der Waals surface area contributed by atoms with Gasteiger partial charge in [-0.1, -0.05) is 30.3 Å². The molecule has 1 aliphatic rings. The van der Waals surface area contributed by atoms with E-state index in [4.69, 9.17) is 0 Å². The second-order valence-corrected chi connectivity index (χ2v) is 6.29. The quantitative estimate of drug-likeness (QED) is 0.659. The van der Waals surface area contributed by atoms with E-state index < -0.39 is 4.92 Å². The van der Waals surface area contributed by atoms with E-state index in [1.807, 2.05) is 18.2 Å². The second-order valence-electron chi connectivity index (χ2n) is 6.29. The molecule has 26 heavy (non-hydrogen) atoms. The zero-order valence-electron chi connectivity index (χ0n) is 14.7. The fourth-order valence-electron chi connectivity index (χ4n) is 3.16. The molecule has 1 saturated heterocycles. The van der Waals surface area contributed by atoms with Gasteiger partial charge in [-0.2, -0.15) is 0 Å². The van der Waals surface area contributed by atoms with Gasteiger partial charge in [-0.05, 0) is 17.7 Å². The number of hydrogen-bond acceptors (Lipinski definition) is 5. The molecule has 1 N–H and O–H groups in total. The zero-order valence-corrected chi connectivity index (χ0v) is 14.7. The Balaban J connectivity index is 1.63. The van der Waals surface area contributed by atoms with Crippen molar-refractivity contribution >= 4 is 17.3 Å². The minimum Gasteiger partial charge on any atom is -0.383 e. The van der Waals surface area contributed by atoms with Crippen molar-refractivity contribution in [1.29, 1.82) is 0 Å². The number of piperazine rings is 1. The SMILES string of the molecule is CNc1ccc(C(=O)N2CCN(Cc3ccccc3)CC2)cc1[N+](=O)[O-]. The topological polar surface area (TPSA) is 78.7 Å². The van der Waals surface area contributed by atoms with Crippen LogP contribution in [0.5, 0.6) is 0 Å². The highest BCUT2D eigenvalue weighted by Crippen LogP contribution is 2.26. The maximum absolute atomic E-state index is 12.7. The van der Waals surface area contributed by atoms with Gasteiger partial charge in [0, 0.05) is 51.4 Å². The Bertz CT molecular complexity index is 787. The average molecular weight is 354 g/mol. The smallest absolute Gasteiger partial charge is 0.293 e. The summed E-state index contributed by atoms with van der Waals surface area (Å²) in [5, 5.41) is 14.0. The van der Waals surface area contributed by atoms with Gasteiger partial charge >= 0.3 is 0 Å². The van der Waals surface area contributed by atoms with Crippen molar-refractivity contribution in [2.45, 2.75) is 6.54 Å². The van der Waals surface area contributed by atoms with E-state index in [0.29, 0.717) is 24.3 Å². The third-order valence-corrected chi connectivity index (χ3v) is 4.62. The molecule has 0 radical (unpaired) electrons. The lowest BCUT2D eigenvalue weighted by Gasteiger charge is -2.34. The first-order valence-electron chi connectivity index (χ1n) is 8.60. The van der Waals surface area contributed by atoms with E-state index in [1.54, 1.807) is 24.1 Å². The number of nitro groups is 1. The highest BCUT2D eigenvalue weighted by Gasteiger charge is 2.24. The molecule has 2 aromatic rings. The van der Waals surface area contributed by atoms with Crippen LogP contribution >= 0.6 is 0 Å². The average Bonchev–Trinajstić information content (AvgIpc) is 2.68. The summed E-state index contributed by atoms with van der Waals surface area (Å²) in [5.41, 5.74) is 1.93. The normalized spacial score (nSPS) is 14.9. The van der Waals surface area contributed by atoms with Crippen molar-refractivity contribution < 1.29 is 9.72 Å². The van der Waals surface area contributed by atoms with E-state index >= 15 is 0 Å². The first kappa shape index (κ1) is 17.9. The van der Waals surface area contributed by atoms with Gasteiger partial charge < -0.3 is 10.2 Å². The maximum atomic E-state index is 12.7. The molecule has 1 aliphatic heterocycles. The Labute approximate surface area is 152 Å². The molecule has 7 nitrogen and oxygen atoms in total. The fraction of sp³-hybridized carbons (Fsp3) is 0.316. The van der Waals surface area contributed by atoms with E-state index in [1.165, 1.54) is 11.6 Å². The molecule has 0 saturated carbocycles. The summed E-state index contributed by atoms with van der Waals surface area (Å²) in [6, 6.07) is 14.8. The van der Waals surface area contributed by atoms with Gasteiger partial charge in [0.05, 0.1) is 4.92 Å². The van der Waals surface area contributed by atoms with Crippen LogP contribution in [0.4, 0.5) is 11.4 Å². The van der Waals surface area contributed by atoms with Crippen LogP contribution in [0.15, 0.2) is 48.5 Å². The third-order valence-electron chi connectivity index (χ3n) is 4.62. The van der Waals surface area contributed by atoms with Gasteiger partial charge in [0.2, 0.25) is 0 Å². The van der Waals surface area contributed by atoms with E-state index in [0.717, 1.165) is 19.6 Å². The molecule has 0 atom stereocenters. The molecule has 0 unspecified atom stereocenters. The standard InChI is InChI=1S/C19H22N4O3/c1-20-17-8-7-16(13-18(17)23(25)26)19(24)22-11-9-21(10-12-22)14-15-5-3-2-4-6-15/h2-8,13,20H,9-12,14H2,1H3. The van der Waals surface area contributed by atoms with Crippen LogP contribution in [0, 0.1) is 10.1 Å². The molecule has 136 valence electrons. The number of nitro benzene ring substituents is 1. The molecule has 1 amide bonds. The number of nitrogens with one attached hydrogen (secondary N) is 1. The summed E-state index contributed by atoms with van der Waals surface area (Å²) in [6.07, 6.45) is 0. The minimum absolute atomic E-state index is 0.0823. The summed E-state index contributed by atoms with van der Waals surface area (Å²) in [4.78, 5) is 27.5. The van der Waals surface area contributed by atoms with E-state index in [-0.39, 0.29) is 11.6 Å². The van der Waals surface area contributed by atoms with Crippen molar-refractivity contribution in [3.8, 4) is 0 Å². The van der Waals surface area contributed by atoms with Gasteiger partial charge in [0.25, 0.3) is 11.6 Å². The molecule has 0 bridgehead atoms. The predicted octanol–water partition coefficient (Wildman–Crippen LogP) is 2.59. The highest BCUT2D eigenvalue weighted by molar-refractivity contribution is 5.95. The lowest BCUT2D eigenvalue weighted by Crippen LogP contribution is -2.48. The minimum atomic E-state index is -0.472. The number of anilines is 1. The maximum Gasteiger partial charge on any atom is 0.293 e. The van der Waals surface area contributed by atoms with Crippen molar-refractivity contribution in [2.75, 3.05) is 38.5 Å². The van der Waals surface area contributed by atoms with Crippen LogP contribution in [0.25, 0.3) is 0 Å². The Morgan fingerprint density at radius 2 is 1.81 bits per heavy atom. The number of amides is 1. The molecule has 0 aliphatic carbocycles. The Hall–Kier alpha value is -2.93. The largest absolute Gasteiger partial charge is 0.383 e. The molecule has 1 heterocycles. The number of nitrogens with zero attached hydrogens (tertiary/aromatic N) is 3. The van der Waals surface area contributed by atoms with Crippen LogP contribution in [-0.4, -0.2) is 53.9 Å². The Morgan fingerprint density at radius 1 is 1.12 bits per heavy atom. The van der Waals surface area contributed by atoms with Crippen LogP contribution in [0.2, 0.25) is 0 Å². The summed E-state index contributed by atoms with van der Waals surface area (Å²) in [6.45, 7) is 3.68. The number of hydrogen-bond donors (Lipinski definition) is 1. The Morgan fingerprint density at radius 3 is 2.42 bits per heavy atom. The first-order chi connectivity index (χ1) is 12.6. The summed E-state index contributed by atoms with van der Waals surface area (Å²) in [7, 11) is 1.62. The molecular formula is C19H22N4O3. The predicted molar refractivity (Wildman–Crippen MR) is 100 cm³/mol. The lowest BCUT2D eigenvalue weighted by atomic mass is 10.1. The molecule has 0 spiro atoms. The van der Waals surface area contributed by atoms with Crippen molar-refractivity contribution in [1.82, 2.24) is 9.80 Å². The number of rotatable bonds is 5. The van der Waals surface area contributed by atoms with E-state index in [2.05, 4.69) is 22.3 Å². The molecule has 7 heteroatoms. The zero-order chi connectivity index (χ0) is 18.5. The molecular weight excluding hydrogens is 332 g/mol. The number of carbonyl (C=O) groups is 1. The van der Waals surface area contributed by atoms with Crippen LogP contribution in [-0.2, 0) is 6.54 Å². The Kier molecular flexibility index (Phi) is 5.48. The van der Waals surface area contributed by atoms with Gasteiger partial charge in [-0.25, -0.2) is 0 Å². The van der Waals surface area contributed by atoms with Gasteiger partial charge in [-0.15, -0.1) is 0 Å². The monoisotopic (exact) mass is 354 g/mol. The van der Waals surface area contributed by atoms with Crippen molar-refractivity contribution in [3.05, 3.63) is 69.8 Å². The number of carbonyl (C=O) groups excluding carboxylic acids is 1. The van der Waals surface area contributed by atoms with E-state index in [9.17, 15) is 14.9 Å². The van der Waals surface area contributed by atoms with Crippen LogP contribution in [0.1, 0.15) is 15.9 Å². The van der Waals surface area contributed by atoms with Gasteiger partial charge in [0.15, 0.2) is 0 Å². The van der Waals surface area contributed by atoms with Gasteiger partial charge in [-0.3, -0.25) is 19.8 Å². The number of benzene rings is 2. The lowest BCUT2D eigenvalue weighted by molar-refractivity contribution is -0.384. The van der Waals surface area contributed by atoms with Crippen LogP contribution in [0.3, 0.4) is 0 Å². The highest BCUT2D eigenvalue weighted by atomic mass is 16.6. The molecule has 3 rings (SSSR count). The first-order valence-corrected chi connectivity index (χ1v) is 8.60. The van der Waals surface area contributed by atoms with Crippen LogP contribution < -0.4 is 5.32 Å². The second kappa shape index (κ2) is 7.97. The van der Waals surface area contributed by atoms with Crippen molar-refractivity contribution in [3.63, 3.8) is 0 Å². The molecule has 2 aromatic carbocycles. The van der Waals surface area contributed by atoms with Gasteiger partial charge in [0.1, 0.15) is 5.69 Å². The molecule has 1 fully saturated rings. The summed E-state index contributed by atoms with van der Waals surface area (Å²) >= 11 is 0. The summed E-state index contributed by atoms with van der Waals surface area (Å²) < 4.78 is 0. The third kappa shape index (κ3) is 4.00. The summed E-state index contributed by atoms with van der Waals surface area (Å²) in [5.74, 6) is -0.157.